The van der Waals surface area contributed by atoms with Crippen LogP contribution in [0.2, 0.25) is 5.02 Å². The van der Waals surface area contributed by atoms with Gasteiger partial charge in [-0.15, -0.1) is 0 Å². The van der Waals surface area contributed by atoms with E-state index in [9.17, 15) is 13.2 Å². The molecule has 1 amide bonds. The third-order valence-corrected chi connectivity index (χ3v) is 4.55. The zero-order chi connectivity index (χ0) is 20.3. The number of aromatic nitrogens is 2. The van der Waals surface area contributed by atoms with Gasteiger partial charge in [-0.3, -0.25) is 9.52 Å². The van der Waals surface area contributed by atoms with Crippen LogP contribution in [0.3, 0.4) is 0 Å². The van der Waals surface area contributed by atoms with Crippen molar-refractivity contribution in [1.29, 1.82) is 0 Å². The van der Waals surface area contributed by atoms with Crippen LogP contribution in [0.25, 0.3) is 11.4 Å². The van der Waals surface area contributed by atoms with E-state index in [0.717, 1.165) is 11.8 Å². The zero-order valence-electron chi connectivity index (χ0n) is 15.0. The summed E-state index contributed by atoms with van der Waals surface area (Å²) in [6, 6.07) is 12.6. The van der Waals surface area contributed by atoms with Crippen LogP contribution < -0.4 is 10.0 Å². The van der Waals surface area contributed by atoms with Crippen molar-refractivity contribution in [2.75, 3.05) is 11.0 Å². The Labute approximate surface area is 167 Å². The van der Waals surface area contributed by atoms with Crippen LogP contribution in [0.15, 0.2) is 53.1 Å². The lowest BCUT2D eigenvalue weighted by molar-refractivity contribution is 0.0932. The molecule has 10 heteroatoms. The van der Waals surface area contributed by atoms with Crippen molar-refractivity contribution in [3.63, 3.8) is 0 Å². The lowest BCUT2D eigenvalue weighted by Crippen LogP contribution is -2.27. The average molecular weight is 421 g/mol. The number of carbonyl (C=O) groups excluding carboxylic acids is 1. The minimum absolute atomic E-state index is 0.240. The maximum absolute atomic E-state index is 12.5. The molecular weight excluding hydrogens is 404 g/mol. The number of halogens is 1. The van der Waals surface area contributed by atoms with Gasteiger partial charge < -0.3 is 9.84 Å². The first-order valence-corrected chi connectivity index (χ1v) is 10.5. The molecule has 0 saturated carbocycles. The first kappa shape index (κ1) is 19.8. The number of rotatable bonds is 6. The Morgan fingerprint density at radius 1 is 1.18 bits per heavy atom. The number of nitrogens with one attached hydrogen (secondary N) is 2. The predicted molar refractivity (Wildman–Crippen MR) is 106 cm³/mol. The van der Waals surface area contributed by atoms with E-state index in [0.29, 0.717) is 16.5 Å². The van der Waals surface area contributed by atoms with Gasteiger partial charge >= 0.3 is 0 Å². The SMILES string of the molecule is CC(NC(=O)c1cccc(NS(C)(=O)=O)c1)c1nc(-c2ccc(Cl)cc2)no1. The van der Waals surface area contributed by atoms with Crippen LogP contribution in [0, 0.1) is 0 Å². The number of carbonyl (C=O) groups is 1. The highest BCUT2D eigenvalue weighted by Crippen LogP contribution is 2.21. The van der Waals surface area contributed by atoms with Gasteiger partial charge in [0.1, 0.15) is 6.04 Å². The van der Waals surface area contributed by atoms with Gasteiger partial charge in [-0.2, -0.15) is 4.98 Å². The van der Waals surface area contributed by atoms with Crippen LogP contribution in [-0.4, -0.2) is 30.7 Å². The van der Waals surface area contributed by atoms with E-state index in [1.807, 2.05) is 0 Å². The summed E-state index contributed by atoms with van der Waals surface area (Å²) < 4.78 is 30.2. The topological polar surface area (TPSA) is 114 Å². The summed E-state index contributed by atoms with van der Waals surface area (Å²) in [5.74, 6) is 0.215. The molecule has 0 aliphatic heterocycles. The van der Waals surface area contributed by atoms with Crippen LogP contribution in [0.4, 0.5) is 5.69 Å². The Morgan fingerprint density at radius 2 is 1.89 bits per heavy atom. The second-order valence-electron chi connectivity index (χ2n) is 6.11. The highest BCUT2D eigenvalue weighted by Gasteiger charge is 2.18. The minimum atomic E-state index is -3.44. The summed E-state index contributed by atoms with van der Waals surface area (Å²) in [6.07, 6.45) is 1.04. The van der Waals surface area contributed by atoms with E-state index in [2.05, 4.69) is 20.2 Å². The normalized spacial score (nSPS) is 12.4. The highest BCUT2D eigenvalue weighted by atomic mass is 35.5. The van der Waals surface area contributed by atoms with Crippen molar-refractivity contribution in [1.82, 2.24) is 15.5 Å². The maximum atomic E-state index is 12.5. The molecule has 0 fully saturated rings. The highest BCUT2D eigenvalue weighted by molar-refractivity contribution is 7.92. The largest absolute Gasteiger partial charge is 0.341 e. The fraction of sp³-hybridized carbons (Fsp3) is 0.167. The van der Waals surface area contributed by atoms with Gasteiger partial charge in [0.15, 0.2) is 0 Å². The number of hydrogen-bond acceptors (Lipinski definition) is 6. The first-order valence-electron chi connectivity index (χ1n) is 8.19. The number of sulfonamides is 1. The Hall–Kier alpha value is -2.91. The molecule has 0 bridgehead atoms. The molecular formula is C18H17ClN4O4S. The molecule has 1 unspecified atom stereocenters. The van der Waals surface area contributed by atoms with Crippen LogP contribution in [-0.2, 0) is 10.0 Å². The van der Waals surface area contributed by atoms with Gasteiger partial charge in [-0.25, -0.2) is 8.42 Å². The standard InChI is InChI=1S/C18H17ClN4O4S/c1-11(18-21-16(22-27-18)12-6-8-14(19)9-7-12)20-17(24)13-4-3-5-15(10-13)23-28(2,25)26/h3-11,23H,1-2H3,(H,20,24). The van der Waals surface area contributed by atoms with E-state index in [1.165, 1.54) is 6.07 Å². The number of amides is 1. The number of nitrogens with zero attached hydrogens (tertiary/aromatic N) is 2. The fourth-order valence-corrected chi connectivity index (χ4v) is 3.09. The third kappa shape index (κ3) is 5.08. The lowest BCUT2D eigenvalue weighted by atomic mass is 10.2. The Morgan fingerprint density at radius 3 is 2.57 bits per heavy atom. The summed E-state index contributed by atoms with van der Waals surface area (Å²) >= 11 is 5.87. The van der Waals surface area contributed by atoms with Crippen molar-refractivity contribution in [2.45, 2.75) is 13.0 Å². The van der Waals surface area contributed by atoms with Crippen molar-refractivity contribution in [3.8, 4) is 11.4 Å². The molecule has 0 saturated heterocycles. The van der Waals surface area contributed by atoms with E-state index in [1.54, 1.807) is 49.4 Å². The summed E-state index contributed by atoms with van der Waals surface area (Å²) in [6.45, 7) is 1.70. The van der Waals surface area contributed by atoms with Crippen molar-refractivity contribution < 1.29 is 17.7 Å². The van der Waals surface area contributed by atoms with E-state index in [4.69, 9.17) is 16.1 Å². The summed E-state index contributed by atoms with van der Waals surface area (Å²) in [5.41, 5.74) is 1.32. The van der Waals surface area contributed by atoms with Crippen molar-refractivity contribution >= 4 is 33.2 Å². The zero-order valence-corrected chi connectivity index (χ0v) is 16.6. The molecule has 3 aromatic rings. The molecule has 8 nitrogen and oxygen atoms in total. The van der Waals surface area contributed by atoms with Gasteiger partial charge in [0.2, 0.25) is 21.7 Å². The summed E-state index contributed by atoms with van der Waals surface area (Å²) in [4.78, 5) is 16.8. The monoisotopic (exact) mass is 420 g/mol. The molecule has 0 radical (unpaired) electrons. The molecule has 1 heterocycles. The lowest BCUT2D eigenvalue weighted by Gasteiger charge is -2.11. The van der Waals surface area contributed by atoms with Crippen LogP contribution >= 0.6 is 11.6 Å². The molecule has 2 N–H and O–H groups in total. The second kappa shape index (κ2) is 7.99. The molecule has 0 aliphatic rings. The van der Waals surface area contributed by atoms with Gasteiger partial charge in [-0.1, -0.05) is 22.8 Å². The van der Waals surface area contributed by atoms with E-state index >= 15 is 0 Å². The van der Waals surface area contributed by atoms with Crippen molar-refractivity contribution in [3.05, 3.63) is 65.0 Å². The van der Waals surface area contributed by atoms with Gasteiger partial charge in [0.25, 0.3) is 5.91 Å². The molecule has 0 spiro atoms. The third-order valence-electron chi connectivity index (χ3n) is 3.69. The molecule has 1 atom stereocenters. The average Bonchev–Trinajstić information content (AvgIpc) is 3.11. The van der Waals surface area contributed by atoms with Crippen LogP contribution in [0.1, 0.15) is 29.2 Å². The summed E-state index contributed by atoms with van der Waals surface area (Å²) in [5, 5.41) is 7.26. The Kier molecular flexibility index (Phi) is 5.66. The predicted octanol–water partition coefficient (Wildman–Crippen LogP) is 3.25. The Balaban J connectivity index is 1.71. The van der Waals surface area contributed by atoms with E-state index < -0.39 is 22.0 Å². The number of benzene rings is 2. The van der Waals surface area contributed by atoms with Crippen molar-refractivity contribution in [2.24, 2.45) is 0 Å². The van der Waals surface area contributed by atoms with Gasteiger partial charge in [0.05, 0.1) is 6.26 Å². The number of anilines is 1. The molecule has 2 aromatic carbocycles. The molecule has 1 aromatic heterocycles. The maximum Gasteiger partial charge on any atom is 0.251 e. The second-order valence-corrected chi connectivity index (χ2v) is 8.30. The molecule has 3 rings (SSSR count). The summed E-state index contributed by atoms with van der Waals surface area (Å²) in [7, 11) is -3.44. The Bertz CT molecular complexity index is 1100. The number of hydrogen-bond donors (Lipinski definition) is 2. The van der Waals surface area contributed by atoms with E-state index in [-0.39, 0.29) is 11.5 Å². The molecule has 146 valence electrons. The van der Waals surface area contributed by atoms with Crippen LogP contribution in [0.5, 0.6) is 0 Å². The van der Waals surface area contributed by atoms with Gasteiger partial charge in [0, 0.05) is 21.8 Å². The fourth-order valence-electron chi connectivity index (χ4n) is 2.41. The molecule has 28 heavy (non-hydrogen) atoms. The van der Waals surface area contributed by atoms with Gasteiger partial charge in [-0.05, 0) is 49.4 Å². The smallest absolute Gasteiger partial charge is 0.251 e. The quantitative estimate of drug-likeness (QED) is 0.632. The minimum Gasteiger partial charge on any atom is -0.341 e. The molecule has 0 aliphatic carbocycles. The first-order chi connectivity index (χ1) is 13.2.